The van der Waals surface area contributed by atoms with Crippen LogP contribution in [-0.4, -0.2) is 24.9 Å². The van der Waals surface area contributed by atoms with Gasteiger partial charge in [-0.3, -0.25) is 9.59 Å². The van der Waals surface area contributed by atoms with Crippen LogP contribution >= 0.6 is 0 Å². The third kappa shape index (κ3) is 4.81. The van der Waals surface area contributed by atoms with Gasteiger partial charge in [-0.1, -0.05) is 13.8 Å². The van der Waals surface area contributed by atoms with Crippen molar-refractivity contribution in [3.05, 3.63) is 0 Å². The Kier molecular flexibility index (Phi) is 5.87. The predicted octanol–water partition coefficient (Wildman–Crippen LogP) is -0.791. The Labute approximate surface area is 84.2 Å². The lowest BCUT2D eigenvalue weighted by Gasteiger charge is -2.17. The van der Waals surface area contributed by atoms with E-state index in [4.69, 9.17) is 11.5 Å². The van der Waals surface area contributed by atoms with Crippen molar-refractivity contribution in [2.24, 2.45) is 23.3 Å². The highest BCUT2D eigenvalue weighted by Gasteiger charge is 2.19. The molecule has 5 heteroatoms. The fourth-order valence-corrected chi connectivity index (χ4v) is 1.12. The van der Waals surface area contributed by atoms with E-state index in [-0.39, 0.29) is 30.7 Å². The number of nitrogens with two attached hydrogens (primary N) is 2. The van der Waals surface area contributed by atoms with Crippen molar-refractivity contribution in [2.45, 2.75) is 20.3 Å². The van der Waals surface area contributed by atoms with Gasteiger partial charge in [0, 0.05) is 19.5 Å². The highest BCUT2D eigenvalue weighted by atomic mass is 16.2. The number of amides is 2. The second kappa shape index (κ2) is 6.37. The van der Waals surface area contributed by atoms with E-state index in [0.29, 0.717) is 6.54 Å². The molecule has 5 nitrogen and oxygen atoms in total. The van der Waals surface area contributed by atoms with Crippen LogP contribution < -0.4 is 16.8 Å². The summed E-state index contributed by atoms with van der Waals surface area (Å²) in [5, 5.41) is 2.63. The molecule has 2 amide bonds. The average molecular weight is 201 g/mol. The number of primary amides is 1. The topological polar surface area (TPSA) is 98.2 Å². The minimum Gasteiger partial charge on any atom is -0.370 e. The van der Waals surface area contributed by atoms with Gasteiger partial charge >= 0.3 is 0 Å². The van der Waals surface area contributed by atoms with E-state index >= 15 is 0 Å². The molecule has 5 N–H and O–H groups in total. The molecule has 0 heterocycles. The maximum atomic E-state index is 11.5. The summed E-state index contributed by atoms with van der Waals surface area (Å²) in [6, 6.07) is 0. The molecule has 82 valence electrons. The van der Waals surface area contributed by atoms with Gasteiger partial charge < -0.3 is 16.8 Å². The van der Waals surface area contributed by atoms with Crippen LogP contribution in [0.3, 0.4) is 0 Å². The van der Waals surface area contributed by atoms with Crippen LogP contribution in [0.2, 0.25) is 0 Å². The zero-order valence-corrected chi connectivity index (χ0v) is 8.75. The summed E-state index contributed by atoms with van der Waals surface area (Å²) in [5.74, 6) is -0.514. The van der Waals surface area contributed by atoms with Gasteiger partial charge in [0.15, 0.2) is 0 Å². The van der Waals surface area contributed by atoms with Gasteiger partial charge in [0.25, 0.3) is 0 Å². The van der Waals surface area contributed by atoms with Crippen molar-refractivity contribution in [1.82, 2.24) is 5.32 Å². The summed E-state index contributed by atoms with van der Waals surface area (Å²) in [5.41, 5.74) is 10.4. The Morgan fingerprint density at radius 2 is 1.93 bits per heavy atom. The van der Waals surface area contributed by atoms with Crippen molar-refractivity contribution in [3.8, 4) is 0 Å². The number of hydrogen-bond donors (Lipinski definition) is 3. The molecule has 1 unspecified atom stereocenters. The van der Waals surface area contributed by atoms with Crippen LogP contribution in [0.1, 0.15) is 20.3 Å². The van der Waals surface area contributed by atoms with Crippen LogP contribution in [0.5, 0.6) is 0 Å². The van der Waals surface area contributed by atoms with Crippen LogP contribution in [-0.2, 0) is 9.59 Å². The van der Waals surface area contributed by atoms with Crippen molar-refractivity contribution in [1.29, 1.82) is 0 Å². The molecule has 0 saturated heterocycles. The quantitative estimate of drug-likeness (QED) is 0.525. The highest BCUT2D eigenvalue weighted by molar-refractivity contribution is 5.80. The van der Waals surface area contributed by atoms with E-state index in [1.807, 2.05) is 13.8 Å². The minimum atomic E-state index is -0.417. The Morgan fingerprint density at radius 3 is 2.29 bits per heavy atom. The van der Waals surface area contributed by atoms with Gasteiger partial charge in [-0.15, -0.1) is 0 Å². The average Bonchev–Trinajstić information content (AvgIpc) is 2.03. The SMILES string of the molecule is CC(C)C(CN)C(=O)NCCC(N)=O. The summed E-state index contributed by atoms with van der Waals surface area (Å²) in [7, 11) is 0. The maximum absolute atomic E-state index is 11.5. The molecule has 0 saturated carbocycles. The van der Waals surface area contributed by atoms with E-state index in [2.05, 4.69) is 5.32 Å². The lowest BCUT2D eigenvalue weighted by Crippen LogP contribution is -2.39. The van der Waals surface area contributed by atoms with Gasteiger partial charge in [-0.05, 0) is 5.92 Å². The van der Waals surface area contributed by atoms with Crippen LogP contribution in [0.4, 0.5) is 0 Å². The van der Waals surface area contributed by atoms with E-state index in [1.54, 1.807) is 0 Å². The van der Waals surface area contributed by atoms with Crippen LogP contribution in [0.25, 0.3) is 0 Å². The molecule has 0 aliphatic carbocycles. The largest absolute Gasteiger partial charge is 0.370 e. The first kappa shape index (κ1) is 12.9. The Balaban J connectivity index is 3.87. The van der Waals surface area contributed by atoms with Crippen molar-refractivity contribution >= 4 is 11.8 Å². The maximum Gasteiger partial charge on any atom is 0.224 e. The van der Waals surface area contributed by atoms with Gasteiger partial charge in [0.1, 0.15) is 0 Å². The molecule has 0 aliphatic heterocycles. The molecule has 0 aromatic heterocycles. The first-order valence-corrected chi connectivity index (χ1v) is 4.75. The first-order valence-electron chi connectivity index (χ1n) is 4.75. The molecule has 0 spiro atoms. The summed E-state index contributed by atoms with van der Waals surface area (Å²) in [6.45, 7) is 4.48. The molecule has 0 aromatic rings. The fourth-order valence-electron chi connectivity index (χ4n) is 1.12. The Hall–Kier alpha value is -1.10. The van der Waals surface area contributed by atoms with Crippen molar-refractivity contribution in [2.75, 3.05) is 13.1 Å². The Bertz CT molecular complexity index is 204. The second-order valence-electron chi connectivity index (χ2n) is 3.59. The van der Waals surface area contributed by atoms with E-state index in [9.17, 15) is 9.59 Å². The molecular weight excluding hydrogens is 182 g/mol. The summed E-state index contributed by atoms with van der Waals surface area (Å²) in [6.07, 6.45) is 0.168. The zero-order valence-electron chi connectivity index (χ0n) is 8.75. The summed E-state index contributed by atoms with van der Waals surface area (Å²) < 4.78 is 0. The van der Waals surface area contributed by atoms with Gasteiger partial charge in [0.05, 0.1) is 5.92 Å². The molecule has 0 rings (SSSR count). The number of carbonyl (C=O) groups excluding carboxylic acids is 2. The van der Waals surface area contributed by atoms with Gasteiger partial charge in [-0.25, -0.2) is 0 Å². The van der Waals surface area contributed by atoms with E-state index < -0.39 is 5.91 Å². The minimum absolute atomic E-state index is 0.108. The van der Waals surface area contributed by atoms with Gasteiger partial charge in [-0.2, -0.15) is 0 Å². The van der Waals surface area contributed by atoms with Crippen LogP contribution in [0.15, 0.2) is 0 Å². The third-order valence-corrected chi connectivity index (χ3v) is 2.07. The van der Waals surface area contributed by atoms with Crippen LogP contribution in [0, 0.1) is 11.8 Å². The number of rotatable bonds is 6. The molecule has 0 aliphatic rings. The lowest BCUT2D eigenvalue weighted by molar-refractivity contribution is -0.126. The molecule has 1 atom stereocenters. The van der Waals surface area contributed by atoms with Crippen molar-refractivity contribution < 1.29 is 9.59 Å². The normalized spacial score (nSPS) is 12.6. The monoisotopic (exact) mass is 201 g/mol. The molecule has 0 fully saturated rings. The predicted molar refractivity (Wildman–Crippen MR) is 54.2 cm³/mol. The molecule has 0 radical (unpaired) electrons. The first-order chi connectivity index (χ1) is 6.49. The van der Waals surface area contributed by atoms with E-state index in [1.165, 1.54) is 0 Å². The van der Waals surface area contributed by atoms with Gasteiger partial charge in [0.2, 0.25) is 11.8 Å². The Morgan fingerprint density at radius 1 is 1.36 bits per heavy atom. The van der Waals surface area contributed by atoms with E-state index in [0.717, 1.165) is 0 Å². The third-order valence-electron chi connectivity index (χ3n) is 2.07. The summed E-state index contributed by atoms with van der Waals surface area (Å²) in [4.78, 5) is 21.9. The standard InChI is InChI=1S/C9H19N3O2/c1-6(2)7(5-10)9(14)12-4-3-8(11)13/h6-7H,3-5,10H2,1-2H3,(H2,11,13)(H,12,14). The molecule has 14 heavy (non-hydrogen) atoms. The van der Waals surface area contributed by atoms with Crippen molar-refractivity contribution in [3.63, 3.8) is 0 Å². The molecular formula is C9H19N3O2. The number of carbonyl (C=O) groups is 2. The number of nitrogens with one attached hydrogen (secondary N) is 1. The molecule has 0 aromatic carbocycles. The smallest absolute Gasteiger partial charge is 0.224 e. The second-order valence-corrected chi connectivity index (χ2v) is 3.59. The highest BCUT2D eigenvalue weighted by Crippen LogP contribution is 2.08. The summed E-state index contributed by atoms with van der Waals surface area (Å²) >= 11 is 0. The number of hydrogen-bond acceptors (Lipinski definition) is 3. The molecule has 0 bridgehead atoms. The fraction of sp³-hybridized carbons (Fsp3) is 0.778. The zero-order chi connectivity index (χ0) is 11.1. The lowest BCUT2D eigenvalue weighted by atomic mass is 9.95.